The molecule has 0 bridgehead atoms. The number of benzene rings is 1. The zero-order valence-electron chi connectivity index (χ0n) is 14.1. The van der Waals surface area contributed by atoms with Crippen molar-refractivity contribution in [2.45, 2.75) is 18.9 Å². The van der Waals surface area contributed by atoms with E-state index in [1.165, 1.54) is 4.90 Å². The first-order chi connectivity index (χ1) is 11.9. The summed E-state index contributed by atoms with van der Waals surface area (Å²) in [5.74, 6) is -0.140. The zero-order chi connectivity index (χ0) is 18.0. The third kappa shape index (κ3) is 3.35. The third-order valence-corrected chi connectivity index (χ3v) is 4.26. The standard InChI is InChI=1S/C18H19N5O2/c1-18(11-15(24)23(2)17(19)22-18)13-4-3-5-14(10-13)21-16(25)12-6-8-20-9-7-12/h3-10H,11H2,1-2H3,(H2,19,22)(H,21,25)/t18-/m0/s1. The lowest BCUT2D eigenvalue weighted by Gasteiger charge is -2.33. The monoisotopic (exact) mass is 337 g/mol. The zero-order valence-corrected chi connectivity index (χ0v) is 14.1. The van der Waals surface area contributed by atoms with Crippen molar-refractivity contribution in [1.82, 2.24) is 9.88 Å². The van der Waals surface area contributed by atoms with E-state index in [1.807, 2.05) is 25.1 Å². The van der Waals surface area contributed by atoms with Gasteiger partial charge in [-0.25, -0.2) is 4.99 Å². The van der Waals surface area contributed by atoms with Crippen LogP contribution >= 0.6 is 0 Å². The number of nitrogens with zero attached hydrogens (tertiary/aromatic N) is 3. The molecule has 0 aliphatic carbocycles. The number of amides is 2. The van der Waals surface area contributed by atoms with Crippen molar-refractivity contribution < 1.29 is 9.59 Å². The Hall–Kier alpha value is -3.22. The van der Waals surface area contributed by atoms with Crippen molar-refractivity contribution in [3.63, 3.8) is 0 Å². The Bertz CT molecular complexity index is 850. The summed E-state index contributed by atoms with van der Waals surface area (Å²) < 4.78 is 0. The number of hydrogen-bond acceptors (Lipinski definition) is 5. The molecule has 0 fully saturated rings. The van der Waals surface area contributed by atoms with E-state index in [4.69, 9.17) is 5.73 Å². The quantitative estimate of drug-likeness (QED) is 0.890. The third-order valence-electron chi connectivity index (χ3n) is 4.26. The first-order valence-electron chi connectivity index (χ1n) is 7.83. The van der Waals surface area contributed by atoms with E-state index in [9.17, 15) is 9.59 Å². The van der Waals surface area contributed by atoms with E-state index < -0.39 is 5.54 Å². The summed E-state index contributed by atoms with van der Waals surface area (Å²) in [5.41, 5.74) is 7.05. The molecule has 2 amide bonds. The summed E-state index contributed by atoms with van der Waals surface area (Å²) in [6.07, 6.45) is 3.34. The minimum absolute atomic E-state index is 0.0961. The molecule has 0 saturated heterocycles. The van der Waals surface area contributed by atoms with Gasteiger partial charge in [0.05, 0.1) is 12.0 Å². The Morgan fingerprint density at radius 3 is 2.68 bits per heavy atom. The average molecular weight is 337 g/mol. The van der Waals surface area contributed by atoms with Crippen LogP contribution in [0.5, 0.6) is 0 Å². The number of rotatable bonds is 3. The maximum atomic E-state index is 12.3. The normalized spacial score (nSPS) is 20.2. The van der Waals surface area contributed by atoms with Gasteiger partial charge in [0, 0.05) is 30.7 Å². The molecule has 0 spiro atoms. The van der Waals surface area contributed by atoms with Crippen LogP contribution in [-0.2, 0) is 10.3 Å². The Morgan fingerprint density at radius 2 is 2.00 bits per heavy atom. The summed E-state index contributed by atoms with van der Waals surface area (Å²) in [6, 6.07) is 10.6. The van der Waals surface area contributed by atoms with Crippen molar-refractivity contribution in [2.75, 3.05) is 12.4 Å². The van der Waals surface area contributed by atoms with E-state index in [2.05, 4.69) is 15.3 Å². The fraction of sp³-hybridized carbons (Fsp3) is 0.222. The molecule has 3 N–H and O–H groups in total. The second-order valence-corrected chi connectivity index (χ2v) is 6.14. The van der Waals surface area contributed by atoms with Gasteiger partial charge in [0.25, 0.3) is 5.91 Å². The Kier molecular flexibility index (Phi) is 4.22. The maximum absolute atomic E-state index is 12.3. The SMILES string of the molecule is CN1C(=O)C[C@@](C)(c2cccc(NC(=O)c3ccncc3)c2)N=C1N. The summed E-state index contributed by atoms with van der Waals surface area (Å²) in [7, 11) is 1.60. The first-order valence-corrected chi connectivity index (χ1v) is 7.83. The number of carbonyl (C=O) groups is 2. The molecule has 1 atom stereocenters. The topological polar surface area (TPSA) is 101 Å². The molecule has 128 valence electrons. The number of pyridine rings is 1. The molecule has 1 aliphatic heterocycles. The molecule has 7 nitrogen and oxygen atoms in total. The number of carbonyl (C=O) groups excluding carboxylic acids is 2. The summed E-state index contributed by atoms with van der Waals surface area (Å²) >= 11 is 0. The highest BCUT2D eigenvalue weighted by Gasteiger charge is 2.36. The molecular weight excluding hydrogens is 318 g/mol. The molecule has 0 radical (unpaired) electrons. The predicted octanol–water partition coefficient (Wildman–Crippen LogP) is 1.73. The van der Waals surface area contributed by atoms with Crippen LogP contribution in [0.3, 0.4) is 0 Å². The van der Waals surface area contributed by atoms with Crippen molar-refractivity contribution >= 4 is 23.5 Å². The van der Waals surface area contributed by atoms with Crippen LogP contribution in [0.2, 0.25) is 0 Å². The van der Waals surface area contributed by atoms with Gasteiger partial charge in [-0.1, -0.05) is 12.1 Å². The van der Waals surface area contributed by atoms with Gasteiger partial charge in [0.2, 0.25) is 5.91 Å². The van der Waals surface area contributed by atoms with E-state index in [0.29, 0.717) is 11.3 Å². The van der Waals surface area contributed by atoms with Gasteiger partial charge in [0.15, 0.2) is 5.96 Å². The lowest BCUT2D eigenvalue weighted by Crippen LogP contribution is -2.47. The number of anilines is 1. The minimum atomic E-state index is -0.759. The number of aliphatic imine (C=N–C) groups is 1. The molecule has 0 unspecified atom stereocenters. The molecule has 25 heavy (non-hydrogen) atoms. The number of guanidine groups is 1. The molecular formula is C18H19N5O2. The van der Waals surface area contributed by atoms with Crippen LogP contribution in [0.1, 0.15) is 29.3 Å². The van der Waals surface area contributed by atoms with Crippen LogP contribution in [0.15, 0.2) is 53.8 Å². The number of hydrogen-bond donors (Lipinski definition) is 2. The average Bonchev–Trinajstić information content (AvgIpc) is 2.60. The fourth-order valence-corrected chi connectivity index (χ4v) is 2.71. The van der Waals surface area contributed by atoms with Gasteiger partial charge in [-0.2, -0.15) is 0 Å². The van der Waals surface area contributed by atoms with Gasteiger partial charge in [0.1, 0.15) is 0 Å². The van der Waals surface area contributed by atoms with E-state index in [0.717, 1.165) is 5.56 Å². The highest BCUT2D eigenvalue weighted by atomic mass is 16.2. The van der Waals surface area contributed by atoms with Crippen LogP contribution in [0, 0.1) is 0 Å². The summed E-state index contributed by atoms with van der Waals surface area (Å²) in [5, 5.41) is 2.84. The van der Waals surface area contributed by atoms with Crippen molar-refractivity contribution in [3.8, 4) is 0 Å². The number of nitrogens with two attached hydrogens (primary N) is 1. The predicted molar refractivity (Wildman–Crippen MR) is 95.0 cm³/mol. The Balaban J connectivity index is 1.87. The van der Waals surface area contributed by atoms with Crippen molar-refractivity contribution in [3.05, 3.63) is 59.9 Å². The highest BCUT2D eigenvalue weighted by Crippen LogP contribution is 2.34. The van der Waals surface area contributed by atoms with Crippen LogP contribution < -0.4 is 11.1 Å². The van der Waals surface area contributed by atoms with Gasteiger partial charge in [-0.15, -0.1) is 0 Å². The van der Waals surface area contributed by atoms with Crippen molar-refractivity contribution in [2.24, 2.45) is 10.7 Å². The van der Waals surface area contributed by atoms with Crippen LogP contribution in [0.25, 0.3) is 0 Å². The molecule has 2 heterocycles. The number of aromatic nitrogens is 1. The summed E-state index contributed by atoms with van der Waals surface area (Å²) in [6.45, 7) is 1.86. The number of nitrogens with one attached hydrogen (secondary N) is 1. The molecule has 2 aromatic rings. The maximum Gasteiger partial charge on any atom is 0.255 e. The minimum Gasteiger partial charge on any atom is -0.369 e. The lowest BCUT2D eigenvalue weighted by molar-refractivity contribution is -0.128. The van der Waals surface area contributed by atoms with Gasteiger partial charge < -0.3 is 11.1 Å². The molecule has 3 rings (SSSR count). The molecule has 1 aromatic carbocycles. The lowest BCUT2D eigenvalue weighted by atomic mass is 9.87. The Labute approximate surface area is 145 Å². The van der Waals surface area contributed by atoms with E-state index in [1.54, 1.807) is 37.6 Å². The van der Waals surface area contributed by atoms with Gasteiger partial charge >= 0.3 is 0 Å². The largest absolute Gasteiger partial charge is 0.369 e. The van der Waals surface area contributed by atoms with Gasteiger partial charge in [-0.3, -0.25) is 19.5 Å². The second kappa shape index (κ2) is 6.35. The van der Waals surface area contributed by atoms with Crippen LogP contribution in [-0.4, -0.2) is 34.7 Å². The molecule has 0 saturated carbocycles. The second-order valence-electron chi connectivity index (χ2n) is 6.14. The molecule has 7 heteroatoms. The van der Waals surface area contributed by atoms with Crippen LogP contribution in [0.4, 0.5) is 5.69 Å². The Morgan fingerprint density at radius 1 is 1.28 bits per heavy atom. The van der Waals surface area contributed by atoms with Crippen molar-refractivity contribution in [1.29, 1.82) is 0 Å². The first kappa shape index (κ1) is 16.6. The summed E-state index contributed by atoms with van der Waals surface area (Å²) in [4.78, 5) is 34.1. The molecule has 1 aliphatic rings. The van der Waals surface area contributed by atoms with Gasteiger partial charge in [-0.05, 0) is 36.8 Å². The molecule has 1 aromatic heterocycles. The smallest absolute Gasteiger partial charge is 0.255 e. The highest BCUT2D eigenvalue weighted by molar-refractivity contribution is 6.04. The van der Waals surface area contributed by atoms with E-state index >= 15 is 0 Å². The fourth-order valence-electron chi connectivity index (χ4n) is 2.71. The van der Waals surface area contributed by atoms with E-state index in [-0.39, 0.29) is 24.2 Å².